The molecule has 4 aliphatic rings. The maximum Gasteiger partial charge on any atom is 0.187 e. The summed E-state index contributed by atoms with van der Waals surface area (Å²) >= 11 is 0. The van der Waals surface area contributed by atoms with Gasteiger partial charge in [-0.05, 0) is 52.9 Å². The molecule has 3 heterocycles. The number of nitrogens with one attached hydrogen (secondary N) is 1. The summed E-state index contributed by atoms with van der Waals surface area (Å²) in [5.74, 6) is -0.462. The van der Waals surface area contributed by atoms with E-state index < -0.39 is 111 Å². The van der Waals surface area contributed by atoms with Gasteiger partial charge >= 0.3 is 0 Å². The molecular weight excluding hydrogens is 730 g/mol. The van der Waals surface area contributed by atoms with Crippen LogP contribution in [0.3, 0.4) is 0 Å². The monoisotopic (exact) mass is 775 g/mol. The molecule has 0 aromatic heterocycles. The zero-order valence-corrected chi connectivity index (χ0v) is 29.7. The molecule has 17 unspecified atom stereocenters. The Morgan fingerprint density at radius 2 is 1.40 bits per heavy atom. The van der Waals surface area contributed by atoms with Gasteiger partial charge in [0.15, 0.2) is 18.9 Å². The van der Waals surface area contributed by atoms with Crippen molar-refractivity contribution in [2.45, 2.75) is 131 Å². The number of aliphatic hydroxyl groups excluding tert-OH is 5. The summed E-state index contributed by atoms with van der Waals surface area (Å²) in [7, 11) is 0. The van der Waals surface area contributed by atoms with Crippen molar-refractivity contribution in [3.63, 3.8) is 0 Å². The zero-order chi connectivity index (χ0) is 39.5. The Labute approximate surface area is 313 Å². The van der Waals surface area contributed by atoms with E-state index in [0.29, 0.717) is 25.9 Å². The molecule has 1 aromatic rings. The normalized spacial score (nSPS) is 40.1. The van der Waals surface area contributed by atoms with Crippen molar-refractivity contribution >= 4 is 0 Å². The fourth-order valence-electron chi connectivity index (χ4n) is 7.29. The number of hydrogen-bond acceptors (Lipinski definition) is 16. The van der Waals surface area contributed by atoms with E-state index in [9.17, 15) is 36.6 Å². The predicted octanol–water partition coefficient (Wildman–Crippen LogP) is 1.71. The molecule has 0 spiro atoms. The van der Waals surface area contributed by atoms with Crippen molar-refractivity contribution in [3.8, 4) is 0 Å². The van der Waals surface area contributed by atoms with Gasteiger partial charge < -0.3 is 59.3 Å². The van der Waals surface area contributed by atoms with E-state index >= 15 is 0 Å². The minimum Gasteiger partial charge on any atom is -0.394 e. The van der Waals surface area contributed by atoms with E-state index in [1.807, 2.05) is 30.3 Å². The minimum atomic E-state index is -1.74. The lowest BCUT2D eigenvalue weighted by molar-refractivity contribution is -0.294. The van der Waals surface area contributed by atoms with Crippen molar-refractivity contribution in [3.05, 3.63) is 77.7 Å². The predicted molar refractivity (Wildman–Crippen MR) is 186 cm³/mol. The second-order valence-corrected chi connectivity index (χ2v) is 13.7. The summed E-state index contributed by atoms with van der Waals surface area (Å²) in [6.45, 7) is 1.66. The molecule has 1 aromatic carbocycles. The summed E-state index contributed by atoms with van der Waals surface area (Å²) in [5.41, 5.74) is 37.5. The molecule has 24 heteroatoms. The topological polar surface area (TPSA) is 364 Å². The molecule has 0 radical (unpaired) electrons. The molecule has 55 heavy (non-hydrogen) atoms. The maximum absolute atomic E-state index is 11.5. The molecule has 0 amide bonds. The largest absolute Gasteiger partial charge is 0.394 e. The number of rotatable bonds is 16. The summed E-state index contributed by atoms with van der Waals surface area (Å²) in [5, 5.41) is 72.2. The lowest BCUT2D eigenvalue weighted by Gasteiger charge is -2.46. The lowest BCUT2D eigenvalue weighted by atomic mass is 9.80. The van der Waals surface area contributed by atoms with Crippen LogP contribution in [0.1, 0.15) is 31.7 Å². The van der Waals surface area contributed by atoms with Crippen LogP contribution in [0.25, 0.3) is 41.8 Å². The van der Waals surface area contributed by atoms with Crippen LogP contribution in [0.4, 0.5) is 0 Å². The second kappa shape index (κ2) is 20.2. The van der Waals surface area contributed by atoms with Gasteiger partial charge in [-0.15, -0.1) is 0 Å². The number of nitrogens with zero attached hydrogens (tertiary/aromatic N) is 12. The first-order valence-electron chi connectivity index (χ1n) is 17.8. The van der Waals surface area contributed by atoms with Gasteiger partial charge in [0.1, 0.15) is 36.6 Å². The quantitative estimate of drug-likeness (QED) is 0.0794. The summed E-state index contributed by atoms with van der Waals surface area (Å²) < 4.78 is 36.4. The van der Waals surface area contributed by atoms with E-state index in [1.54, 1.807) is 6.92 Å². The highest BCUT2D eigenvalue weighted by Crippen LogP contribution is 2.38. The van der Waals surface area contributed by atoms with E-state index in [-0.39, 0.29) is 12.5 Å². The summed E-state index contributed by atoms with van der Waals surface area (Å²) in [4.78, 5) is 11.1. The highest BCUT2D eigenvalue weighted by Gasteiger charge is 2.54. The Bertz CT molecular complexity index is 1590. The van der Waals surface area contributed by atoms with Crippen LogP contribution in [-0.2, 0) is 35.0 Å². The third-order valence-corrected chi connectivity index (χ3v) is 10.1. The average molecular weight is 776 g/mol. The molecule has 5 rings (SSSR count). The van der Waals surface area contributed by atoms with Crippen LogP contribution < -0.4 is 5.32 Å². The summed E-state index contributed by atoms with van der Waals surface area (Å²) in [6, 6.07) is 6.51. The van der Waals surface area contributed by atoms with Crippen molar-refractivity contribution in [1.82, 2.24) is 5.32 Å². The fraction of sp³-hybridized carbons (Fsp3) is 0.806. The van der Waals surface area contributed by atoms with Gasteiger partial charge in [0.05, 0.1) is 55.8 Å². The van der Waals surface area contributed by atoms with Crippen LogP contribution in [0.2, 0.25) is 0 Å². The highest BCUT2D eigenvalue weighted by molar-refractivity contribution is 5.14. The standard InChI is InChI=1S/C31H45N13O11/c1-14-9-18(39-43-34)22(46)28(26(14)53-29-17(38-42-33)8-7-16(50-29)11-36-10-15-5-3-2-4-6-15)55-31-25(49)27(20(13-45)52-31)54-30-21(40-44-35)24(48)23(47)19(51-30)12-37-41-32/h2-6,14,16-31,36,45-49H,7-13H2,1H3. The number of azide groups is 4. The van der Waals surface area contributed by atoms with E-state index in [4.69, 9.17) is 39.5 Å². The van der Waals surface area contributed by atoms with Gasteiger partial charge in [-0.25, -0.2) is 0 Å². The number of aliphatic hydroxyl groups is 5. The fourth-order valence-corrected chi connectivity index (χ4v) is 7.29. The van der Waals surface area contributed by atoms with Gasteiger partial charge in [0.25, 0.3) is 0 Å². The first kappa shape index (κ1) is 42.1. The van der Waals surface area contributed by atoms with Gasteiger partial charge in [0, 0.05) is 32.7 Å². The molecule has 24 nitrogen and oxygen atoms in total. The molecule has 1 saturated carbocycles. The van der Waals surface area contributed by atoms with Crippen LogP contribution in [0.5, 0.6) is 0 Å². The third-order valence-electron chi connectivity index (χ3n) is 10.1. The number of hydrogen-bond donors (Lipinski definition) is 6. The SMILES string of the molecule is CC1CC(N=[N+]=[N-])C(O)C(OC2OC(CO)C(OC3OC(CN=[N+]=[N-])C(O)C(O)C3N=[N+]=[N-])C2O)C1OC1OC(CNCc2ccccc2)CCC1N=[N+]=[N-]. The Balaban J connectivity index is 1.33. The van der Waals surface area contributed by atoms with E-state index in [2.05, 4.69) is 45.4 Å². The molecule has 0 bridgehead atoms. The van der Waals surface area contributed by atoms with Crippen molar-refractivity contribution in [2.24, 2.45) is 26.4 Å². The van der Waals surface area contributed by atoms with Gasteiger partial charge in [0.2, 0.25) is 0 Å². The van der Waals surface area contributed by atoms with Gasteiger partial charge in [-0.3, -0.25) is 0 Å². The van der Waals surface area contributed by atoms with E-state index in [0.717, 1.165) is 5.56 Å². The first-order chi connectivity index (χ1) is 26.6. The Morgan fingerprint density at radius 1 is 0.727 bits per heavy atom. The van der Waals surface area contributed by atoms with Crippen LogP contribution >= 0.6 is 0 Å². The molecule has 300 valence electrons. The van der Waals surface area contributed by atoms with Gasteiger partial charge in [-0.1, -0.05) is 57.7 Å². The minimum absolute atomic E-state index is 0.167. The molecule has 4 fully saturated rings. The summed E-state index contributed by atoms with van der Waals surface area (Å²) in [6.07, 6.45) is -16.5. The molecule has 17 atom stereocenters. The van der Waals surface area contributed by atoms with Crippen molar-refractivity contribution < 1.29 is 54.0 Å². The number of ether oxygens (including phenoxy) is 6. The smallest absolute Gasteiger partial charge is 0.187 e. The van der Waals surface area contributed by atoms with Crippen molar-refractivity contribution in [2.75, 3.05) is 19.7 Å². The van der Waals surface area contributed by atoms with E-state index in [1.165, 1.54) is 0 Å². The number of benzene rings is 1. The first-order valence-corrected chi connectivity index (χ1v) is 17.8. The zero-order valence-electron chi connectivity index (χ0n) is 29.7. The lowest BCUT2D eigenvalue weighted by Crippen LogP contribution is -2.60. The molecular formula is C31H45N13O11. The third kappa shape index (κ3) is 10.2. The Hall–Kier alpha value is -4.02. The van der Waals surface area contributed by atoms with Crippen LogP contribution in [0, 0.1) is 5.92 Å². The molecule has 3 aliphatic heterocycles. The molecule has 3 saturated heterocycles. The maximum atomic E-state index is 11.5. The highest BCUT2D eigenvalue weighted by atomic mass is 16.8. The molecule has 1 aliphatic carbocycles. The Kier molecular flexibility index (Phi) is 15.5. The van der Waals surface area contributed by atoms with Crippen LogP contribution in [0.15, 0.2) is 50.8 Å². The molecule has 6 N–H and O–H groups in total. The van der Waals surface area contributed by atoms with Crippen LogP contribution in [-0.4, -0.2) is 143 Å². The average Bonchev–Trinajstić information content (AvgIpc) is 3.48. The van der Waals surface area contributed by atoms with Crippen molar-refractivity contribution in [1.29, 1.82) is 0 Å². The second-order valence-electron chi connectivity index (χ2n) is 13.7. The Morgan fingerprint density at radius 3 is 2.09 bits per heavy atom. The van der Waals surface area contributed by atoms with Gasteiger partial charge in [-0.2, -0.15) is 0 Å².